The second kappa shape index (κ2) is 35.5. The summed E-state index contributed by atoms with van der Waals surface area (Å²) in [4.78, 5) is 56.5. The van der Waals surface area contributed by atoms with E-state index in [0.717, 1.165) is 159 Å². The summed E-state index contributed by atoms with van der Waals surface area (Å²) in [6, 6.07) is 0. The quantitative estimate of drug-likeness (QED) is 0.0426. The maximum absolute atomic E-state index is 12.0. The van der Waals surface area contributed by atoms with Crippen LogP contribution in [0, 0.1) is 126 Å². The zero-order valence-corrected chi connectivity index (χ0v) is 74.0. The van der Waals surface area contributed by atoms with Gasteiger partial charge in [-0.05, 0) is 305 Å². The third-order valence-electron chi connectivity index (χ3n) is 34.1. The molecule has 23 heteroatoms. The summed E-state index contributed by atoms with van der Waals surface area (Å²) in [5.41, 5.74) is 4.81. The first kappa shape index (κ1) is 92.4. The topological polar surface area (TPSA) is 348 Å². The number of rotatable bonds is 4. The zero-order valence-electron chi connectivity index (χ0n) is 69.5. The number of fused-ring (bicyclic) bond motifs is 20. The molecule has 622 valence electrons. The third kappa shape index (κ3) is 17.0. The van der Waals surface area contributed by atoms with Gasteiger partial charge in [0.15, 0.2) is 0 Å². The largest absolute Gasteiger partial charge is 1.00 e. The Hall–Kier alpha value is -2.44. The Balaban J connectivity index is 0.000000165. The van der Waals surface area contributed by atoms with Crippen LogP contribution in [0.25, 0.3) is 0 Å². The van der Waals surface area contributed by atoms with Gasteiger partial charge in [0, 0.05) is 57.3 Å². The van der Waals surface area contributed by atoms with Crippen LogP contribution in [0.4, 0.5) is 0 Å². The van der Waals surface area contributed by atoms with E-state index in [0.29, 0.717) is 71.5 Å². The molecule has 12 saturated carbocycles. The fourth-order valence-electron chi connectivity index (χ4n) is 28.2. The summed E-state index contributed by atoms with van der Waals surface area (Å²) in [5, 5.41) is 83.8. The Labute approximate surface area is 694 Å². The Morgan fingerprint density at radius 2 is 0.748 bits per heavy atom. The number of halogens is 1. The number of hydrogen-bond donors (Lipinski definition) is 8. The van der Waals surface area contributed by atoms with E-state index in [-0.39, 0.29) is 168 Å². The molecule has 0 aromatic carbocycles. The molecule has 16 aliphatic carbocycles. The minimum atomic E-state index is -1.62. The van der Waals surface area contributed by atoms with Crippen LogP contribution in [0.3, 0.4) is 0 Å². The number of esters is 4. The van der Waals surface area contributed by atoms with Crippen molar-refractivity contribution in [3.63, 3.8) is 0 Å². The first-order chi connectivity index (χ1) is 51.0. The van der Waals surface area contributed by atoms with E-state index in [1.807, 2.05) is 6.08 Å². The normalized spacial score (nSPS) is 48.6. The molecular formula is C88H136ClNaO20Se. The van der Waals surface area contributed by atoms with Crippen molar-refractivity contribution in [2.24, 2.45) is 126 Å². The Morgan fingerprint density at radius 1 is 0.396 bits per heavy atom. The first-order valence-electron chi connectivity index (χ1n) is 42.1. The molecular weight excluding hydrogens is 1510 g/mol. The molecule has 0 aromatic heterocycles. The van der Waals surface area contributed by atoms with E-state index in [4.69, 9.17) is 26.6 Å². The average Bonchev–Trinajstić information content (AvgIpc) is 1.71. The molecule has 20 nitrogen and oxygen atoms in total. The van der Waals surface area contributed by atoms with Crippen molar-refractivity contribution in [3.05, 3.63) is 46.6 Å². The summed E-state index contributed by atoms with van der Waals surface area (Å²) in [5.74, 6) is 4.48. The van der Waals surface area contributed by atoms with Crippen molar-refractivity contribution in [1.29, 1.82) is 0 Å². The van der Waals surface area contributed by atoms with Gasteiger partial charge in [-0.3, -0.25) is 24.0 Å². The zero-order chi connectivity index (χ0) is 80.0. The number of aliphatic hydroxyl groups is 8. The SMILES string of the molecule is CC(=O)Cl.CC(=O)O[C@H]1C=C2C[C@@H](C)CCC2(C)C2CCC3(C)C(CC[C@@H]3OC(C)=O)C21.CC(=O)O[C@H]1C=C2[C@@H](O)[C@@H](C)CCC2(C)C2CCC3(C)C(CC[C@@H]3OC(C)=O)C21.CC12CC[C@H](O)CC1=C[C@H](O)C1C2CCC2(C)C1CC[C@@H]2O.CC12CC[C@H](O)[C@H](O)C1=C[C@H](O)C1C2CCC2(C)C1CC[C@@H]2O.O=[Se]=O.[Na+].[OH-]. The predicted octanol–water partition coefficient (Wildman–Crippen LogP) is 10.3. The van der Waals surface area contributed by atoms with E-state index in [1.165, 1.54) is 58.6 Å². The van der Waals surface area contributed by atoms with Crippen LogP contribution in [0.5, 0.6) is 0 Å². The average molecular weight is 1650 g/mol. The minimum absolute atomic E-state index is 0. The van der Waals surface area contributed by atoms with Gasteiger partial charge in [-0.15, -0.1) is 0 Å². The smallest absolute Gasteiger partial charge is 0.870 e. The molecule has 12 fully saturated rings. The fourth-order valence-corrected chi connectivity index (χ4v) is 28.2. The minimum Gasteiger partial charge on any atom is -0.870 e. The molecule has 111 heavy (non-hydrogen) atoms. The Bertz CT molecular complexity index is 3540. The van der Waals surface area contributed by atoms with E-state index < -0.39 is 45.3 Å². The summed E-state index contributed by atoms with van der Waals surface area (Å²) in [6.07, 6.45) is 30.2. The Kier molecular flexibility index (Phi) is 29.5. The molecule has 34 atom stereocenters. The van der Waals surface area contributed by atoms with Crippen LogP contribution in [0.15, 0.2) is 46.6 Å². The van der Waals surface area contributed by atoms with Crippen molar-refractivity contribution in [3.8, 4) is 0 Å². The molecule has 16 rings (SSSR count). The number of ether oxygens (including phenoxy) is 4. The number of hydrogen-bond acceptors (Lipinski definition) is 20. The second-order valence-corrected chi connectivity index (χ2v) is 40.4. The maximum Gasteiger partial charge on any atom is 1.00 e. The molecule has 9 N–H and O–H groups in total. The molecule has 0 amide bonds. The van der Waals surface area contributed by atoms with Gasteiger partial charge >= 0.3 is 75.9 Å². The molecule has 0 saturated heterocycles. The number of carbonyl (C=O) groups excluding carboxylic acids is 5. The molecule has 0 heterocycles. The second-order valence-electron chi connectivity index (χ2n) is 39.6. The van der Waals surface area contributed by atoms with Gasteiger partial charge in [-0.1, -0.05) is 92.5 Å². The van der Waals surface area contributed by atoms with Gasteiger partial charge in [0.05, 0.1) is 42.7 Å². The molecule has 0 spiro atoms. The van der Waals surface area contributed by atoms with E-state index in [2.05, 4.69) is 99.1 Å². The predicted molar refractivity (Wildman–Crippen MR) is 413 cm³/mol. The molecule has 0 radical (unpaired) electrons. The first-order valence-corrected chi connectivity index (χ1v) is 43.9. The van der Waals surface area contributed by atoms with Crippen molar-refractivity contribution >= 4 is 55.5 Å². The number of allylic oxidation sites excluding steroid dienone is 1. The summed E-state index contributed by atoms with van der Waals surface area (Å²) in [7, 11) is 0. The van der Waals surface area contributed by atoms with E-state index in [9.17, 15) is 64.8 Å². The standard InChI is InChI=1S/C24H36O5.C24H36O4.C19H30O4.C19H30O3.C2H3ClO.Na.O2Se.H2O/c1-13-8-10-23(4)17-9-11-24(5)16(6-7-20(24)29-15(3)26)21(17)19(28-14(2)25)12-18(23)22(13)27;1-14-8-10-23(4)17(12-14)13-20(27-15(2)25)22-18-6-7-21(28-16(3)26)24(18,5)11-9-19(22)23;1-18-8-6-13(20)17(23)12(18)9-14(21)16-10-3-4-15(22)19(10,2)7-5-11(16)18;1-18-7-5-12(20)9-11(18)10-15(21)17-13-3-4-16(22)19(13,2)8-6-14(17)18;1-2(3)4;;1-3-2;/h12-13,16-17,19-22,27H,6-11H2,1-5H3;13-14,18-22H,6-12H2,1-5H3;9-11,13-17,20-23H,3-8H2,1-2H3;10,12-17,20-22H,3-9H2,1-2H3;1H3;;;1H2/q;;;;;+1;;/p-1/t13-,16?,17?,19-,20-,21?,22-,23?,24?;14-,18?,19?,20-,21-,22?,23?,24?;10?,11?,13-,14-,15-,16?,17+,18?,19?;12-,13?,14?,15-,16-,17?,18?,19?;;;;/m0000..../s1. The molecule has 16 aliphatic rings. The van der Waals surface area contributed by atoms with Crippen LogP contribution in [0.2, 0.25) is 0 Å². The molecule has 0 bridgehead atoms. The van der Waals surface area contributed by atoms with Crippen LogP contribution in [0.1, 0.15) is 271 Å². The summed E-state index contributed by atoms with van der Waals surface area (Å²) < 4.78 is 40.2. The van der Waals surface area contributed by atoms with E-state index in [1.54, 1.807) is 0 Å². The van der Waals surface area contributed by atoms with Crippen LogP contribution >= 0.6 is 11.6 Å². The van der Waals surface area contributed by atoms with Crippen molar-refractivity contribution < 1.29 is 126 Å². The van der Waals surface area contributed by atoms with Crippen LogP contribution < -0.4 is 29.6 Å². The summed E-state index contributed by atoms with van der Waals surface area (Å²) in [6.45, 7) is 30.1. The fraction of sp³-hybridized carbons (Fsp3) is 0.852. The maximum atomic E-state index is 12.0. The summed E-state index contributed by atoms with van der Waals surface area (Å²) >= 11 is 3.01. The third-order valence-corrected chi connectivity index (χ3v) is 34.1. The molecule has 20 unspecified atom stereocenters. The van der Waals surface area contributed by atoms with Gasteiger partial charge in [0.2, 0.25) is 5.24 Å². The molecule has 0 aromatic rings. The molecule has 0 aliphatic heterocycles. The van der Waals surface area contributed by atoms with Gasteiger partial charge in [-0.25, -0.2) is 0 Å². The van der Waals surface area contributed by atoms with Crippen LogP contribution in [-0.2, 0) is 50.6 Å². The van der Waals surface area contributed by atoms with Crippen molar-refractivity contribution in [1.82, 2.24) is 0 Å². The van der Waals surface area contributed by atoms with Crippen molar-refractivity contribution in [2.75, 3.05) is 0 Å². The number of aliphatic hydroxyl groups excluding tert-OH is 8. The van der Waals surface area contributed by atoms with Crippen molar-refractivity contribution in [2.45, 2.75) is 344 Å². The van der Waals surface area contributed by atoms with Gasteiger partial charge in [0.25, 0.3) is 0 Å². The monoisotopic (exact) mass is 1650 g/mol. The van der Waals surface area contributed by atoms with Crippen LogP contribution in [-0.4, -0.2) is 164 Å². The van der Waals surface area contributed by atoms with Gasteiger partial charge < -0.3 is 65.3 Å². The van der Waals surface area contributed by atoms with Gasteiger partial charge in [0.1, 0.15) is 30.5 Å². The Morgan fingerprint density at radius 3 is 1.21 bits per heavy atom. The van der Waals surface area contributed by atoms with Gasteiger partial charge in [-0.2, -0.15) is 0 Å². The van der Waals surface area contributed by atoms with E-state index >= 15 is 0 Å². The number of carbonyl (C=O) groups is 5.